The van der Waals surface area contributed by atoms with Crippen molar-refractivity contribution >= 4 is 27.7 Å². The zero-order chi connectivity index (χ0) is 20.1. The average molecular weight is 447 g/mol. The van der Waals surface area contributed by atoms with Crippen LogP contribution in [0, 0.1) is 11.7 Å². The summed E-state index contributed by atoms with van der Waals surface area (Å²) in [6, 6.07) is 13.7. The van der Waals surface area contributed by atoms with Crippen LogP contribution in [0.5, 0.6) is 0 Å². The second-order valence-electron chi connectivity index (χ2n) is 7.06. The van der Waals surface area contributed by atoms with E-state index >= 15 is 0 Å². The predicted octanol–water partition coefficient (Wildman–Crippen LogP) is 4.49. The number of hydrogen-bond donors (Lipinski definition) is 0. The van der Waals surface area contributed by atoms with Gasteiger partial charge in [0.05, 0.1) is 0 Å². The van der Waals surface area contributed by atoms with Gasteiger partial charge in [-0.05, 0) is 61.7 Å². The number of halogens is 2. The molecule has 28 heavy (non-hydrogen) atoms. The van der Waals surface area contributed by atoms with Crippen molar-refractivity contribution in [2.24, 2.45) is 5.92 Å². The molecule has 4 nitrogen and oxygen atoms in total. The second-order valence-corrected chi connectivity index (χ2v) is 7.97. The van der Waals surface area contributed by atoms with Gasteiger partial charge in [0.25, 0.3) is 5.91 Å². The number of carbonyl (C=O) groups excluding carboxylic acids is 2. The maximum atomic E-state index is 13.4. The van der Waals surface area contributed by atoms with Crippen LogP contribution in [0.4, 0.5) is 4.39 Å². The molecule has 0 aromatic heterocycles. The Labute approximate surface area is 173 Å². The van der Waals surface area contributed by atoms with Crippen LogP contribution >= 0.6 is 15.9 Å². The average Bonchev–Trinajstić information content (AvgIpc) is 2.72. The molecule has 2 aromatic rings. The molecule has 1 saturated heterocycles. The lowest BCUT2D eigenvalue weighted by molar-refractivity contribution is -0.137. The molecular formula is C22H24BrFN2O2. The van der Waals surface area contributed by atoms with Crippen LogP contribution in [0.15, 0.2) is 53.0 Å². The Bertz CT molecular complexity index is 833. The molecule has 0 aliphatic carbocycles. The number of carbonyl (C=O) groups is 2. The summed E-state index contributed by atoms with van der Waals surface area (Å²) >= 11 is 3.37. The standard InChI is InChI=1S/C22H24BrFN2O2/c1-2-25(15-16-4-3-5-20(24)14-16)21(27)18-10-12-26(13-11-18)22(28)17-6-8-19(23)9-7-17/h3-9,14,18H,2,10-13,15H2,1H3. The molecule has 3 rings (SSSR count). The molecular weight excluding hydrogens is 423 g/mol. The minimum absolute atomic E-state index is 0.00510. The highest BCUT2D eigenvalue weighted by atomic mass is 79.9. The smallest absolute Gasteiger partial charge is 0.253 e. The van der Waals surface area contributed by atoms with E-state index in [1.54, 1.807) is 11.0 Å². The maximum Gasteiger partial charge on any atom is 0.253 e. The van der Waals surface area contributed by atoms with Gasteiger partial charge >= 0.3 is 0 Å². The minimum Gasteiger partial charge on any atom is -0.339 e. The quantitative estimate of drug-likeness (QED) is 0.678. The second kappa shape index (κ2) is 9.32. The van der Waals surface area contributed by atoms with E-state index in [0.717, 1.165) is 10.0 Å². The molecule has 1 fully saturated rings. The molecule has 148 valence electrons. The van der Waals surface area contributed by atoms with Gasteiger partial charge in [-0.25, -0.2) is 4.39 Å². The lowest BCUT2D eigenvalue weighted by Gasteiger charge is -2.34. The lowest BCUT2D eigenvalue weighted by atomic mass is 9.94. The Hall–Kier alpha value is -2.21. The Morgan fingerprint density at radius 1 is 1.14 bits per heavy atom. The summed E-state index contributed by atoms with van der Waals surface area (Å²) in [7, 11) is 0. The van der Waals surface area contributed by atoms with E-state index in [-0.39, 0.29) is 23.5 Å². The number of piperidine rings is 1. The van der Waals surface area contributed by atoms with Gasteiger partial charge in [0.15, 0.2) is 0 Å². The van der Waals surface area contributed by atoms with Crippen molar-refractivity contribution in [3.63, 3.8) is 0 Å². The number of hydrogen-bond acceptors (Lipinski definition) is 2. The molecule has 0 N–H and O–H groups in total. The molecule has 1 heterocycles. The summed E-state index contributed by atoms with van der Waals surface area (Å²) in [6.45, 7) is 4.06. The first kappa shape index (κ1) is 20.5. The molecule has 1 aliphatic rings. The third-order valence-electron chi connectivity index (χ3n) is 5.18. The van der Waals surface area contributed by atoms with Gasteiger partial charge in [-0.2, -0.15) is 0 Å². The molecule has 0 radical (unpaired) electrons. The minimum atomic E-state index is -0.291. The third kappa shape index (κ3) is 4.98. The SMILES string of the molecule is CCN(Cc1cccc(F)c1)C(=O)C1CCN(C(=O)c2ccc(Br)cc2)CC1. The van der Waals surface area contributed by atoms with Crippen LogP contribution in [0.1, 0.15) is 35.7 Å². The van der Waals surface area contributed by atoms with Crippen molar-refractivity contribution in [3.8, 4) is 0 Å². The summed E-state index contributed by atoms with van der Waals surface area (Å²) in [5.41, 5.74) is 1.45. The molecule has 1 aliphatic heterocycles. The van der Waals surface area contributed by atoms with Gasteiger partial charge in [-0.3, -0.25) is 9.59 Å². The summed E-state index contributed by atoms with van der Waals surface area (Å²) < 4.78 is 14.4. The molecule has 0 unspecified atom stereocenters. The van der Waals surface area contributed by atoms with Crippen molar-refractivity contribution in [2.75, 3.05) is 19.6 Å². The zero-order valence-electron chi connectivity index (χ0n) is 15.9. The normalized spacial score (nSPS) is 14.8. The highest BCUT2D eigenvalue weighted by Gasteiger charge is 2.30. The van der Waals surface area contributed by atoms with E-state index in [9.17, 15) is 14.0 Å². The van der Waals surface area contributed by atoms with Gasteiger partial charge in [0.2, 0.25) is 5.91 Å². The van der Waals surface area contributed by atoms with E-state index in [1.807, 2.05) is 42.2 Å². The largest absolute Gasteiger partial charge is 0.339 e. The third-order valence-corrected chi connectivity index (χ3v) is 5.71. The molecule has 6 heteroatoms. The topological polar surface area (TPSA) is 40.6 Å². The number of rotatable bonds is 5. The van der Waals surface area contributed by atoms with Crippen molar-refractivity contribution in [1.29, 1.82) is 0 Å². The number of benzene rings is 2. The maximum absolute atomic E-state index is 13.4. The van der Waals surface area contributed by atoms with E-state index in [1.165, 1.54) is 12.1 Å². The van der Waals surface area contributed by atoms with Crippen molar-refractivity contribution < 1.29 is 14.0 Å². The first-order valence-corrected chi connectivity index (χ1v) is 10.3. The monoisotopic (exact) mass is 446 g/mol. The van der Waals surface area contributed by atoms with Gasteiger partial charge in [0, 0.05) is 42.1 Å². The molecule has 2 amide bonds. The summed E-state index contributed by atoms with van der Waals surface area (Å²) in [5, 5.41) is 0. The number of amides is 2. The fourth-order valence-corrected chi connectivity index (χ4v) is 3.83. The highest BCUT2D eigenvalue weighted by Crippen LogP contribution is 2.23. The van der Waals surface area contributed by atoms with Gasteiger partial charge in [-0.1, -0.05) is 28.1 Å². The molecule has 2 aromatic carbocycles. The van der Waals surface area contributed by atoms with Crippen molar-refractivity contribution in [2.45, 2.75) is 26.3 Å². The van der Waals surface area contributed by atoms with Crippen LogP contribution in [0.25, 0.3) is 0 Å². The number of nitrogens with zero attached hydrogens (tertiary/aromatic N) is 2. The number of likely N-dealkylation sites (tertiary alicyclic amines) is 1. The first-order valence-electron chi connectivity index (χ1n) is 9.56. The summed E-state index contributed by atoms with van der Waals surface area (Å²) in [5.74, 6) is -0.295. The van der Waals surface area contributed by atoms with E-state index in [0.29, 0.717) is 44.6 Å². The first-order chi connectivity index (χ1) is 13.5. The van der Waals surface area contributed by atoms with Crippen LogP contribution in [-0.2, 0) is 11.3 Å². The highest BCUT2D eigenvalue weighted by molar-refractivity contribution is 9.10. The van der Waals surface area contributed by atoms with E-state index < -0.39 is 0 Å². The van der Waals surface area contributed by atoms with Crippen LogP contribution in [0.3, 0.4) is 0 Å². The Balaban J connectivity index is 1.57. The molecule has 0 atom stereocenters. The van der Waals surface area contributed by atoms with Crippen molar-refractivity contribution in [3.05, 3.63) is 69.9 Å². The fraction of sp³-hybridized carbons (Fsp3) is 0.364. The van der Waals surface area contributed by atoms with Crippen LogP contribution < -0.4 is 0 Å². The van der Waals surface area contributed by atoms with Gasteiger partial charge in [-0.15, -0.1) is 0 Å². The molecule has 0 saturated carbocycles. The Morgan fingerprint density at radius 2 is 1.82 bits per heavy atom. The van der Waals surface area contributed by atoms with E-state index in [4.69, 9.17) is 0 Å². The predicted molar refractivity (Wildman–Crippen MR) is 110 cm³/mol. The molecule has 0 bridgehead atoms. The van der Waals surface area contributed by atoms with Gasteiger partial charge in [0.1, 0.15) is 5.82 Å². The summed E-state index contributed by atoms with van der Waals surface area (Å²) in [6.07, 6.45) is 1.31. The molecule has 0 spiro atoms. The fourth-order valence-electron chi connectivity index (χ4n) is 3.56. The Morgan fingerprint density at radius 3 is 2.43 bits per heavy atom. The van der Waals surface area contributed by atoms with E-state index in [2.05, 4.69) is 15.9 Å². The van der Waals surface area contributed by atoms with Crippen molar-refractivity contribution in [1.82, 2.24) is 9.80 Å². The zero-order valence-corrected chi connectivity index (χ0v) is 17.5. The van der Waals surface area contributed by atoms with Gasteiger partial charge < -0.3 is 9.80 Å². The van der Waals surface area contributed by atoms with Crippen LogP contribution in [0.2, 0.25) is 0 Å². The Kier molecular flexibility index (Phi) is 6.83. The van der Waals surface area contributed by atoms with Crippen LogP contribution in [-0.4, -0.2) is 41.2 Å². The lowest BCUT2D eigenvalue weighted by Crippen LogP contribution is -2.44. The summed E-state index contributed by atoms with van der Waals surface area (Å²) in [4.78, 5) is 29.1.